The fourth-order valence-electron chi connectivity index (χ4n) is 2.28. The maximum atomic E-state index is 12.0. The standard InChI is InChI=1S/C15H23N3O2/c1-3-18(11-4-5-11)9-8-15(19)17-14-7-6-12(20-2)10-13(14)16/h6-7,10-11H,3-5,8-9,16H2,1-2H3,(H,17,19). The minimum Gasteiger partial charge on any atom is -0.497 e. The molecule has 0 spiro atoms. The van der Waals surface area contributed by atoms with Crippen molar-refractivity contribution < 1.29 is 9.53 Å². The Bertz CT molecular complexity index is 472. The fourth-order valence-corrected chi connectivity index (χ4v) is 2.28. The SMILES string of the molecule is CCN(CCC(=O)Nc1ccc(OC)cc1N)C1CC1. The second-order valence-corrected chi connectivity index (χ2v) is 5.11. The normalized spacial score (nSPS) is 14.3. The van der Waals surface area contributed by atoms with Crippen molar-refractivity contribution in [2.24, 2.45) is 0 Å². The van der Waals surface area contributed by atoms with E-state index in [1.165, 1.54) is 12.8 Å². The van der Waals surface area contributed by atoms with Crippen LogP contribution in [0.4, 0.5) is 11.4 Å². The molecule has 0 saturated heterocycles. The van der Waals surface area contributed by atoms with E-state index in [4.69, 9.17) is 10.5 Å². The van der Waals surface area contributed by atoms with Crippen LogP contribution in [0.1, 0.15) is 26.2 Å². The third-order valence-electron chi connectivity index (χ3n) is 3.63. The predicted octanol–water partition coefficient (Wildman–Crippen LogP) is 2.09. The van der Waals surface area contributed by atoms with Gasteiger partial charge in [0.1, 0.15) is 5.75 Å². The van der Waals surface area contributed by atoms with Crippen LogP contribution in [0.15, 0.2) is 18.2 Å². The maximum Gasteiger partial charge on any atom is 0.225 e. The van der Waals surface area contributed by atoms with Gasteiger partial charge in [-0.1, -0.05) is 6.92 Å². The first-order valence-corrected chi connectivity index (χ1v) is 7.11. The summed E-state index contributed by atoms with van der Waals surface area (Å²) in [4.78, 5) is 14.3. The zero-order valence-electron chi connectivity index (χ0n) is 12.2. The molecule has 110 valence electrons. The lowest BCUT2D eigenvalue weighted by Gasteiger charge is -2.19. The summed E-state index contributed by atoms with van der Waals surface area (Å²) in [6.45, 7) is 3.95. The number of nitrogens with zero attached hydrogens (tertiary/aromatic N) is 1. The topological polar surface area (TPSA) is 67.6 Å². The van der Waals surface area contributed by atoms with E-state index in [0.717, 1.165) is 13.1 Å². The summed E-state index contributed by atoms with van der Waals surface area (Å²) in [5.41, 5.74) is 7.04. The molecular formula is C15H23N3O2. The molecule has 0 aromatic heterocycles. The summed E-state index contributed by atoms with van der Waals surface area (Å²) in [5, 5.41) is 2.85. The zero-order valence-corrected chi connectivity index (χ0v) is 12.2. The first kappa shape index (κ1) is 14.7. The van der Waals surface area contributed by atoms with Crippen LogP contribution in [0, 0.1) is 0 Å². The Morgan fingerprint density at radius 1 is 1.50 bits per heavy atom. The predicted molar refractivity (Wildman–Crippen MR) is 80.9 cm³/mol. The number of methoxy groups -OCH3 is 1. The molecule has 1 aromatic rings. The summed E-state index contributed by atoms with van der Waals surface area (Å²) in [7, 11) is 1.59. The maximum absolute atomic E-state index is 12.0. The van der Waals surface area contributed by atoms with Crippen molar-refractivity contribution in [1.82, 2.24) is 4.90 Å². The van der Waals surface area contributed by atoms with Crippen molar-refractivity contribution in [2.45, 2.75) is 32.2 Å². The minimum absolute atomic E-state index is 0.000895. The van der Waals surface area contributed by atoms with Crippen molar-refractivity contribution in [3.8, 4) is 5.75 Å². The first-order chi connectivity index (χ1) is 9.63. The molecule has 0 aliphatic heterocycles. The largest absolute Gasteiger partial charge is 0.497 e. The Morgan fingerprint density at radius 2 is 2.25 bits per heavy atom. The van der Waals surface area contributed by atoms with Gasteiger partial charge in [0.25, 0.3) is 0 Å². The monoisotopic (exact) mass is 277 g/mol. The Hall–Kier alpha value is -1.75. The van der Waals surface area contributed by atoms with Crippen LogP contribution in [0.3, 0.4) is 0 Å². The molecule has 20 heavy (non-hydrogen) atoms. The van der Waals surface area contributed by atoms with E-state index >= 15 is 0 Å². The van der Waals surface area contributed by atoms with Crippen LogP contribution in [-0.4, -0.2) is 37.0 Å². The van der Waals surface area contributed by atoms with E-state index in [1.54, 1.807) is 25.3 Å². The third kappa shape index (κ3) is 3.87. The van der Waals surface area contributed by atoms with Gasteiger partial charge in [0.2, 0.25) is 5.91 Å². The number of hydrogen-bond donors (Lipinski definition) is 2. The van der Waals surface area contributed by atoms with Crippen molar-refractivity contribution >= 4 is 17.3 Å². The van der Waals surface area contributed by atoms with Crippen molar-refractivity contribution in [1.29, 1.82) is 0 Å². The number of nitrogens with one attached hydrogen (secondary N) is 1. The van der Waals surface area contributed by atoms with E-state index in [9.17, 15) is 4.79 Å². The van der Waals surface area contributed by atoms with Gasteiger partial charge in [0.15, 0.2) is 0 Å². The first-order valence-electron chi connectivity index (χ1n) is 7.11. The summed E-state index contributed by atoms with van der Waals surface area (Å²) in [5.74, 6) is 0.687. The lowest BCUT2D eigenvalue weighted by Crippen LogP contribution is -2.29. The Morgan fingerprint density at radius 3 is 2.80 bits per heavy atom. The van der Waals surface area contributed by atoms with E-state index in [-0.39, 0.29) is 5.91 Å². The molecule has 5 nitrogen and oxygen atoms in total. The number of nitrogen functional groups attached to an aromatic ring is 1. The van der Waals surface area contributed by atoms with Crippen LogP contribution in [0.2, 0.25) is 0 Å². The van der Waals surface area contributed by atoms with E-state index in [2.05, 4.69) is 17.1 Å². The molecule has 1 fully saturated rings. The molecule has 0 heterocycles. The van der Waals surface area contributed by atoms with E-state index in [0.29, 0.717) is 29.6 Å². The molecule has 3 N–H and O–H groups in total. The number of anilines is 2. The molecule has 0 bridgehead atoms. The van der Waals surface area contributed by atoms with Gasteiger partial charge in [0, 0.05) is 25.1 Å². The highest BCUT2D eigenvalue weighted by Crippen LogP contribution is 2.27. The highest BCUT2D eigenvalue weighted by atomic mass is 16.5. The molecule has 0 radical (unpaired) electrons. The molecule has 5 heteroatoms. The Kier molecular flexibility index (Phi) is 4.84. The Balaban J connectivity index is 1.84. The van der Waals surface area contributed by atoms with Gasteiger partial charge < -0.3 is 20.7 Å². The summed E-state index contributed by atoms with van der Waals surface area (Å²) in [6, 6.07) is 5.95. The van der Waals surface area contributed by atoms with Gasteiger partial charge in [-0.3, -0.25) is 4.79 Å². The highest BCUT2D eigenvalue weighted by molar-refractivity contribution is 5.94. The van der Waals surface area contributed by atoms with Gasteiger partial charge >= 0.3 is 0 Å². The molecule has 1 saturated carbocycles. The highest BCUT2D eigenvalue weighted by Gasteiger charge is 2.27. The molecule has 1 amide bonds. The second kappa shape index (κ2) is 6.61. The number of benzene rings is 1. The van der Waals surface area contributed by atoms with Crippen molar-refractivity contribution in [3.05, 3.63) is 18.2 Å². The molecule has 1 aliphatic rings. The average molecular weight is 277 g/mol. The summed E-state index contributed by atoms with van der Waals surface area (Å²) in [6.07, 6.45) is 3.03. The number of amides is 1. The lowest BCUT2D eigenvalue weighted by atomic mass is 10.2. The number of carbonyl (C=O) groups is 1. The number of nitrogens with two attached hydrogens (primary N) is 1. The van der Waals surface area contributed by atoms with Crippen LogP contribution < -0.4 is 15.8 Å². The number of hydrogen-bond acceptors (Lipinski definition) is 4. The minimum atomic E-state index is 0.000895. The van der Waals surface area contributed by atoms with Crippen LogP contribution in [-0.2, 0) is 4.79 Å². The average Bonchev–Trinajstić information content (AvgIpc) is 3.26. The molecule has 0 atom stereocenters. The second-order valence-electron chi connectivity index (χ2n) is 5.11. The number of rotatable bonds is 7. The van der Waals surface area contributed by atoms with Crippen molar-refractivity contribution in [2.75, 3.05) is 31.2 Å². The van der Waals surface area contributed by atoms with Gasteiger partial charge in [-0.2, -0.15) is 0 Å². The third-order valence-corrected chi connectivity index (χ3v) is 3.63. The molecule has 2 rings (SSSR count). The number of ether oxygens (including phenoxy) is 1. The Labute approximate surface area is 120 Å². The molecule has 1 aromatic carbocycles. The van der Waals surface area contributed by atoms with Gasteiger partial charge in [-0.15, -0.1) is 0 Å². The van der Waals surface area contributed by atoms with E-state index < -0.39 is 0 Å². The fraction of sp³-hybridized carbons (Fsp3) is 0.533. The summed E-state index contributed by atoms with van der Waals surface area (Å²) < 4.78 is 5.08. The molecule has 1 aliphatic carbocycles. The molecule has 0 unspecified atom stereocenters. The van der Waals surface area contributed by atoms with Gasteiger partial charge in [-0.25, -0.2) is 0 Å². The lowest BCUT2D eigenvalue weighted by molar-refractivity contribution is -0.116. The molecular weight excluding hydrogens is 254 g/mol. The van der Waals surface area contributed by atoms with Crippen molar-refractivity contribution in [3.63, 3.8) is 0 Å². The quantitative estimate of drug-likeness (QED) is 0.749. The smallest absolute Gasteiger partial charge is 0.225 e. The van der Waals surface area contributed by atoms with Crippen LogP contribution in [0.25, 0.3) is 0 Å². The van der Waals surface area contributed by atoms with Gasteiger partial charge in [-0.05, 0) is 31.5 Å². The van der Waals surface area contributed by atoms with E-state index in [1.807, 2.05) is 0 Å². The van der Waals surface area contributed by atoms with Crippen LogP contribution in [0.5, 0.6) is 5.75 Å². The van der Waals surface area contributed by atoms with Gasteiger partial charge in [0.05, 0.1) is 18.5 Å². The number of carbonyl (C=O) groups excluding carboxylic acids is 1. The van der Waals surface area contributed by atoms with Crippen LogP contribution >= 0.6 is 0 Å². The zero-order chi connectivity index (χ0) is 14.5. The summed E-state index contributed by atoms with van der Waals surface area (Å²) >= 11 is 0.